The van der Waals surface area contributed by atoms with Gasteiger partial charge in [-0.15, -0.1) is 0 Å². The van der Waals surface area contributed by atoms with Gasteiger partial charge in [-0.2, -0.15) is 0 Å². The minimum absolute atomic E-state index is 0.0368. The molecule has 2 amide bonds. The molecule has 1 atom stereocenters. The monoisotopic (exact) mass is 363 g/mol. The number of aromatic nitrogens is 1. The smallest absolute Gasteiger partial charge is 0.317 e. The number of benzene rings is 1. The number of sulfone groups is 1. The van der Waals surface area contributed by atoms with E-state index in [2.05, 4.69) is 10.3 Å². The van der Waals surface area contributed by atoms with Crippen LogP contribution in [0.1, 0.15) is 6.42 Å². The first-order chi connectivity index (χ1) is 12.0. The third kappa shape index (κ3) is 4.19. The van der Waals surface area contributed by atoms with Crippen LogP contribution >= 0.6 is 0 Å². The molecule has 1 aromatic heterocycles. The first-order valence-corrected chi connectivity index (χ1v) is 9.96. The maximum absolute atomic E-state index is 12.1. The average Bonchev–Trinajstić information content (AvgIpc) is 2.97. The number of rotatable bonds is 5. The molecule has 0 radical (unpaired) electrons. The van der Waals surface area contributed by atoms with Gasteiger partial charge < -0.3 is 15.0 Å². The maximum Gasteiger partial charge on any atom is 0.317 e. The summed E-state index contributed by atoms with van der Waals surface area (Å²) < 4.78 is 28.7. The molecule has 0 bridgehead atoms. The van der Waals surface area contributed by atoms with Gasteiger partial charge in [0.05, 0.1) is 18.1 Å². The van der Waals surface area contributed by atoms with Crippen molar-refractivity contribution in [1.82, 2.24) is 15.2 Å². The van der Waals surface area contributed by atoms with E-state index in [1.54, 1.807) is 13.2 Å². The second-order valence-electron chi connectivity index (χ2n) is 6.08. The van der Waals surface area contributed by atoms with E-state index < -0.39 is 9.84 Å². The van der Waals surface area contributed by atoms with Crippen molar-refractivity contribution in [3.05, 3.63) is 36.5 Å². The molecule has 1 aliphatic heterocycles. The van der Waals surface area contributed by atoms with Crippen LogP contribution in [0.15, 0.2) is 36.5 Å². The predicted molar refractivity (Wildman–Crippen MR) is 95.5 cm³/mol. The highest BCUT2D eigenvalue weighted by Gasteiger charge is 2.32. The zero-order chi connectivity index (χ0) is 17.9. The summed E-state index contributed by atoms with van der Waals surface area (Å²) in [7, 11) is -1.39. The molecule has 0 saturated carbocycles. The molecule has 7 nitrogen and oxygen atoms in total. The standard InChI is InChI=1S/C17H21N3O4S/c1-20(14-7-11-25(22,23)12-14)17(21)19-9-10-24-15-6-2-4-13-5-3-8-18-16(13)15/h2-6,8,14H,7,9-12H2,1H3,(H,19,21). The summed E-state index contributed by atoms with van der Waals surface area (Å²) in [5.74, 6) is 0.851. The van der Waals surface area contributed by atoms with Crippen molar-refractivity contribution in [3.63, 3.8) is 0 Å². The van der Waals surface area contributed by atoms with Crippen molar-refractivity contribution in [1.29, 1.82) is 0 Å². The van der Waals surface area contributed by atoms with E-state index in [1.807, 2.05) is 30.3 Å². The highest BCUT2D eigenvalue weighted by Crippen LogP contribution is 2.22. The molecular formula is C17H21N3O4S. The molecule has 25 heavy (non-hydrogen) atoms. The molecule has 2 heterocycles. The van der Waals surface area contributed by atoms with Crippen LogP contribution in [0.25, 0.3) is 10.9 Å². The van der Waals surface area contributed by atoms with Gasteiger partial charge in [0.25, 0.3) is 0 Å². The van der Waals surface area contributed by atoms with Crippen LogP contribution in [0.3, 0.4) is 0 Å². The number of carbonyl (C=O) groups excluding carboxylic acids is 1. The van der Waals surface area contributed by atoms with E-state index in [0.717, 1.165) is 10.9 Å². The molecule has 0 aliphatic carbocycles. The van der Waals surface area contributed by atoms with Gasteiger partial charge in [0, 0.05) is 24.7 Å². The summed E-state index contributed by atoms with van der Waals surface area (Å²) in [6, 6.07) is 8.97. The first kappa shape index (κ1) is 17.5. The van der Waals surface area contributed by atoms with Crippen LogP contribution in [0.5, 0.6) is 5.75 Å². The molecular weight excluding hydrogens is 342 g/mol. The molecule has 1 aromatic carbocycles. The average molecular weight is 363 g/mol. The van der Waals surface area contributed by atoms with E-state index in [4.69, 9.17) is 4.74 Å². The number of hydrogen-bond donors (Lipinski definition) is 1. The van der Waals surface area contributed by atoms with Gasteiger partial charge >= 0.3 is 6.03 Å². The highest BCUT2D eigenvalue weighted by molar-refractivity contribution is 7.91. The van der Waals surface area contributed by atoms with Crippen LogP contribution in [0.4, 0.5) is 4.79 Å². The van der Waals surface area contributed by atoms with Gasteiger partial charge in [-0.25, -0.2) is 13.2 Å². The number of ether oxygens (including phenoxy) is 1. The Bertz CT molecular complexity index is 864. The Morgan fingerprint density at radius 3 is 2.92 bits per heavy atom. The van der Waals surface area contributed by atoms with E-state index in [1.165, 1.54) is 4.90 Å². The summed E-state index contributed by atoms with van der Waals surface area (Å²) >= 11 is 0. The Balaban J connectivity index is 1.49. The van der Waals surface area contributed by atoms with Gasteiger partial charge in [0.2, 0.25) is 0 Å². The molecule has 3 rings (SSSR count). The summed E-state index contributed by atoms with van der Waals surface area (Å²) in [6.45, 7) is 0.629. The number of carbonyl (C=O) groups is 1. The second kappa shape index (κ2) is 7.26. The lowest BCUT2D eigenvalue weighted by atomic mass is 10.2. The van der Waals surface area contributed by atoms with Gasteiger partial charge in [0.15, 0.2) is 9.84 Å². The fourth-order valence-electron chi connectivity index (χ4n) is 2.88. The number of fused-ring (bicyclic) bond motifs is 1. The first-order valence-electron chi connectivity index (χ1n) is 8.14. The van der Waals surface area contributed by atoms with Crippen LogP contribution < -0.4 is 10.1 Å². The lowest BCUT2D eigenvalue weighted by molar-refractivity contribution is 0.192. The quantitative estimate of drug-likeness (QED) is 0.812. The minimum Gasteiger partial charge on any atom is -0.489 e. The van der Waals surface area contributed by atoms with Crippen LogP contribution in [0.2, 0.25) is 0 Å². The normalized spacial score (nSPS) is 18.8. The Labute approximate surface area is 146 Å². The third-order valence-electron chi connectivity index (χ3n) is 4.31. The Morgan fingerprint density at radius 2 is 2.16 bits per heavy atom. The fraction of sp³-hybridized carbons (Fsp3) is 0.412. The van der Waals surface area contributed by atoms with Crippen LogP contribution in [0, 0.1) is 0 Å². The minimum atomic E-state index is -3.01. The number of hydrogen-bond acceptors (Lipinski definition) is 5. The topological polar surface area (TPSA) is 88.6 Å². The lowest BCUT2D eigenvalue weighted by Gasteiger charge is -2.23. The van der Waals surface area contributed by atoms with Gasteiger partial charge in [0.1, 0.15) is 17.9 Å². The molecule has 1 unspecified atom stereocenters. The Kier molecular flexibility index (Phi) is 5.08. The van der Waals surface area contributed by atoms with E-state index in [-0.39, 0.29) is 23.6 Å². The lowest BCUT2D eigenvalue weighted by Crippen LogP contribution is -2.45. The fourth-order valence-corrected chi connectivity index (χ4v) is 4.66. The number of pyridine rings is 1. The van der Waals surface area contributed by atoms with Crippen molar-refractivity contribution in [3.8, 4) is 5.75 Å². The predicted octanol–water partition coefficient (Wildman–Crippen LogP) is 1.44. The van der Waals surface area contributed by atoms with Crippen molar-refractivity contribution in [2.24, 2.45) is 0 Å². The largest absolute Gasteiger partial charge is 0.489 e. The summed E-state index contributed by atoms with van der Waals surface area (Å²) in [6.07, 6.45) is 2.20. The molecule has 2 aromatic rings. The van der Waals surface area contributed by atoms with E-state index >= 15 is 0 Å². The summed E-state index contributed by atoms with van der Waals surface area (Å²) in [4.78, 5) is 17.9. The Morgan fingerprint density at radius 1 is 1.36 bits per heavy atom. The third-order valence-corrected chi connectivity index (χ3v) is 6.06. The molecule has 1 saturated heterocycles. The number of amides is 2. The van der Waals surface area contributed by atoms with Gasteiger partial charge in [-0.05, 0) is 18.6 Å². The molecule has 134 valence electrons. The number of para-hydroxylation sites is 1. The summed E-state index contributed by atoms with van der Waals surface area (Å²) in [5.41, 5.74) is 0.782. The number of urea groups is 1. The van der Waals surface area contributed by atoms with Gasteiger partial charge in [-0.1, -0.05) is 18.2 Å². The molecule has 1 fully saturated rings. The van der Waals surface area contributed by atoms with Crippen molar-refractivity contribution >= 4 is 26.8 Å². The molecule has 1 aliphatic rings. The molecule has 8 heteroatoms. The van der Waals surface area contributed by atoms with Gasteiger partial charge in [-0.3, -0.25) is 4.98 Å². The van der Waals surface area contributed by atoms with Crippen molar-refractivity contribution in [2.75, 3.05) is 31.7 Å². The maximum atomic E-state index is 12.1. The summed E-state index contributed by atoms with van der Waals surface area (Å²) in [5, 5.41) is 3.74. The van der Waals surface area contributed by atoms with Crippen molar-refractivity contribution < 1.29 is 17.9 Å². The van der Waals surface area contributed by atoms with Crippen molar-refractivity contribution in [2.45, 2.75) is 12.5 Å². The number of nitrogens with one attached hydrogen (secondary N) is 1. The second-order valence-corrected chi connectivity index (χ2v) is 8.31. The SMILES string of the molecule is CN(C(=O)NCCOc1cccc2cccnc12)C1CCS(=O)(=O)C1. The number of nitrogens with zero attached hydrogens (tertiary/aromatic N) is 2. The zero-order valence-electron chi connectivity index (χ0n) is 14.0. The highest BCUT2D eigenvalue weighted by atomic mass is 32.2. The van der Waals surface area contributed by atoms with E-state index in [9.17, 15) is 13.2 Å². The van der Waals surface area contributed by atoms with E-state index in [0.29, 0.717) is 25.3 Å². The Hall–Kier alpha value is -2.35. The zero-order valence-corrected chi connectivity index (χ0v) is 14.8. The van der Waals surface area contributed by atoms with Crippen LogP contribution in [-0.2, 0) is 9.84 Å². The van der Waals surface area contributed by atoms with Crippen LogP contribution in [-0.4, -0.2) is 62.1 Å². The molecule has 1 N–H and O–H groups in total. The molecule has 0 spiro atoms.